The first kappa shape index (κ1) is 15.5. The van der Waals surface area contributed by atoms with Gasteiger partial charge in [0.1, 0.15) is 0 Å². The van der Waals surface area contributed by atoms with Gasteiger partial charge in [-0.1, -0.05) is 46.5 Å². The van der Waals surface area contributed by atoms with Crippen LogP contribution in [-0.2, 0) is 0 Å². The third-order valence-corrected chi connectivity index (χ3v) is 4.16. The zero-order valence-corrected chi connectivity index (χ0v) is 13.4. The van der Waals surface area contributed by atoms with E-state index in [-0.39, 0.29) is 5.41 Å². The number of nitrogens with one attached hydrogen (secondary N) is 1. The lowest BCUT2D eigenvalue weighted by Crippen LogP contribution is -2.45. The van der Waals surface area contributed by atoms with E-state index in [1.165, 1.54) is 12.1 Å². The van der Waals surface area contributed by atoms with Gasteiger partial charge in [0, 0.05) is 23.7 Å². The Labute approximate surface area is 118 Å². The fourth-order valence-corrected chi connectivity index (χ4v) is 2.68. The lowest BCUT2D eigenvalue weighted by Gasteiger charge is -2.36. The Morgan fingerprint density at radius 3 is 2.61 bits per heavy atom. The quantitative estimate of drug-likeness (QED) is 0.782. The van der Waals surface area contributed by atoms with E-state index in [0.717, 1.165) is 24.4 Å². The van der Waals surface area contributed by atoms with E-state index < -0.39 is 0 Å². The minimum Gasteiger partial charge on any atom is -0.375 e. The van der Waals surface area contributed by atoms with E-state index in [4.69, 9.17) is 12.2 Å². The molecule has 1 N–H and O–H groups in total. The molecule has 0 radical (unpaired) electrons. The molecule has 0 aromatic rings. The summed E-state index contributed by atoms with van der Waals surface area (Å²) in [5.74, 6) is 0. The summed E-state index contributed by atoms with van der Waals surface area (Å²) in [6.45, 7) is 16.4. The van der Waals surface area contributed by atoms with Crippen molar-refractivity contribution >= 4 is 17.2 Å². The predicted octanol–water partition coefficient (Wildman–Crippen LogP) is 3.73. The van der Waals surface area contributed by atoms with Gasteiger partial charge in [0.05, 0.1) is 11.0 Å². The monoisotopic (exact) mass is 268 g/mol. The second-order valence-corrected chi connectivity index (χ2v) is 6.81. The van der Waals surface area contributed by atoms with Crippen LogP contribution in [0.1, 0.15) is 53.9 Å². The summed E-state index contributed by atoms with van der Waals surface area (Å²) in [7, 11) is 0. The Bertz CT molecular complexity index is 317. The molecule has 1 unspecified atom stereocenters. The summed E-state index contributed by atoms with van der Waals surface area (Å²) < 4.78 is 0. The Kier molecular flexibility index (Phi) is 5.20. The molecule has 0 amide bonds. The normalized spacial score (nSPS) is 21.8. The van der Waals surface area contributed by atoms with Crippen LogP contribution < -0.4 is 5.32 Å². The highest BCUT2D eigenvalue weighted by atomic mass is 32.1. The number of hydrogen-bond acceptors (Lipinski definition) is 2. The lowest BCUT2D eigenvalue weighted by molar-refractivity contribution is 0.288. The molecule has 2 nitrogen and oxygen atoms in total. The van der Waals surface area contributed by atoms with Crippen LogP contribution in [0.2, 0.25) is 0 Å². The van der Waals surface area contributed by atoms with Crippen molar-refractivity contribution < 1.29 is 0 Å². The van der Waals surface area contributed by atoms with Gasteiger partial charge in [-0.15, -0.1) is 0 Å². The van der Waals surface area contributed by atoms with E-state index in [2.05, 4.69) is 51.4 Å². The number of allylic oxidation sites excluding steroid dienone is 1. The molecule has 1 aliphatic heterocycles. The van der Waals surface area contributed by atoms with E-state index in [9.17, 15) is 0 Å². The fourth-order valence-electron chi connectivity index (χ4n) is 2.23. The van der Waals surface area contributed by atoms with Gasteiger partial charge < -0.3 is 10.2 Å². The van der Waals surface area contributed by atoms with Gasteiger partial charge in [-0.2, -0.15) is 0 Å². The first-order valence-corrected chi connectivity index (χ1v) is 7.44. The van der Waals surface area contributed by atoms with Crippen molar-refractivity contribution in [1.29, 1.82) is 0 Å². The maximum atomic E-state index is 5.58. The molecule has 104 valence electrons. The molecule has 0 saturated carbocycles. The molecule has 18 heavy (non-hydrogen) atoms. The average molecular weight is 268 g/mol. The van der Waals surface area contributed by atoms with Gasteiger partial charge in [-0.25, -0.2) is 0 Å². The summed E-state index contributed by atoms with van der Waals surface area (Å²) in [5, 5.41) is 3.46. The van der Waals surface area contributed by atoms with Crippen molar-refractivity contribution in [2.45, 2.75) is 66.0 Å². The largest absolute Gasteiger partial charge is 0.375 e. The molecule has 1 saturated heterocycles. The maximum absolute atomic E-state index is 5.58. The average Bonchev–Trinajstić information content (AvgIpc) is 2.75. The van der Waals surface area contributed by atoms with Gasteiger partial charge in [0.25, 0.3) is 0 Å². The molecule has 1 aliphatic rings. The van der Waals surface area contributed by atoms with Crippen LogP contribution in [0, 0.1) is 5.41 Å². The first-order chi connectivity index (χ1) is 8.27. The molecule has 2 atom stereocenters. The topological polar surface area (TPSA) is 15.3 Å². The lowest BCUT2D eigenvalue weighted by atomic mass is 9.91. The first-order valence-electron chi connectivity index (χ1n) is 7.03. The third kappa shape index (κ3) is 3.71. The van der Waals surface area contributed by atoms with Gasteiger partial charge in [0.15, 0.2) is 0 Å². The molecular formula is C15H28N2S. The van der Waals surface area contributed by atoms with Crippen LogP contribution in [0.4, 0.5) is 0 Å². The standard InChI is InChI=1S/C15H28N2S/c1-7-11(2)16-14(18)13-9-8-10-17(13)12(3)15(4,5)6/h11,13H,3,7-10H2,1-2,4-6H3,(H,16,18)/t11-,13?/m0/s1. The van der Waals surface area contributed by atoms with Gasteiger partial charge in [-0.3, -0.25) is 0 Å². The number of rotatable bonds is 4. The number of nitrogens with zero attached hydrogens (tertiary/aromatic N) is 1. The highest BCUT2D eigenvalue weighted by Gasteiger charge is 2.33. The van der Waals surface area contributed by atoms with Crippen LogP contribution >= 0.6 is 12.2 Å². The Hall–Kier alpha value is -0.570. The molecule has 0 bridgehead atoms. The molecule has 0 aromatic heterocycles. The maximum Gasteiger partial charge on any atom is 0.0983 e. The molecule has 1 rings (SSSR count). The molecular weight excluding hydrogens is 240 g/mol. The molecule has 0 aliphatic carbocycles. The second-order valence-electron chi connectivity index (χ2n) is 6.37. The summed E-state index contributed by atoms with van der Waals surface area (Å²) in [6.07, 6.45) is 3.46. The number of likely N-dealkylation sites (tertiary alicyclic amines) is 1. The van der Waals surface area contributed by atoms with Crippen molar-refractivity contribution in [2.75, 3.05) is 6.54 Å². The van der Waals surface area contributed by atoms with Crippen LogP contribution in [-0.4, -0.2) is 28.5 Å². The van der Waals surface area contributed by atoms with Crippen molar-refractivity contribution in [1.82, 2.24) is 10.2 Å². The minimum absolute atomic E-state index is 0.120. The van der Waals surface area contributed by atoms with Crippen molar-refractivity contribution in [3.8, 4) is 0 Å². The zero-order valence-electron chi connectivity index (χ0n) is 12.5. The van der Waals surface area contributed by atoms with Crippen LogP contribution in [0.15, 0.2) is 12.3 Å². The Balaban J connectivity index is 2.71. The van der Waals surface area contributed by atoms with E-state index in [0.29, 0.717) is 12.1 Å². The zero-order chi connectivity index (χ0) is 13.9. The van der Waals surface area contributed by atoms with Crippen molar-refractivity contribution in [2.24, 2.45) is 5.41 Å². The Morgan fingerprint density at radius 2 is 2.11 bits per heavy atom. The number of thiocarbonyl (C=S) groups is 1. The highest BCUT2D eigenvalue weighted by molar-refractivity contribution is 7.80. The third-order valence-electron chi connectivity index (χ3n) is 3.77. The smallest absolute Gasteiger partial charge is 0.0983 e. The SMILES string of the molecule is C=C(N1CCCC1C(=S)N[C@@H](C)CC)C(C)(C)C. The van der Waals surface area contributed by atoms with Crippen LogP contribution in [0.25, 0.3) is 0 Å². The molecule has 0 spiro atoms. The predicted molar refractivity (Wildman–Crippen MR) is 83.8 cm³/mol. The van der Waals surface area contributed by atoms with E-state index in [1.807, 2.05) is 0 Å². The fraction of sp³-hybridized carbons (Fsp3) is 0.800. The van der Waals surface area contributed by atoms with Gasteiger partial charge in [0.2, 0.25) is 0 Å². The summed E-state index contributed by atoms with van der Waals surface area (Å²) in [4.78, 5) is 3.39. The highest BCUT2D eigenvalue weighted by Crippen LogP contribution is 2.32. The second kappa shape index (κ2) is 6.05. The van der Waals surface area contributed by atoms with Crippen LogP contribution in [0.3, 0.4) is 0 Å². The molecule has 1 heterocycles. The number of hydrogen-bond donors (Lipinski definition) is 1. The summed E-state index contributed by atoms with van der Waals surface area (Å²) >= 11 is 5.58. The van der Waals surface area contributed by atoms with Crippen molar-refractivity contribution in [3.63, 3.8) is 0 Å². The van der Waals surface area contributed by atoms with Crippen LogP contribution in [0.5, 0.6) is 0 Å². The molecule has 1 fully saturated rings. The molecule has 0 aromatic carbocycles. The van der Waals surface area contributed by atoms with Gasteiger partial charge in [-0.05, 0) is 26.2 Å². The minimum atomic E-state index is 0.120. The summed E-state index contributed by atoms with van der Waals surface area (Å²) in [5.41, 5.74) is 1.33. The van der Waals surface area contributed by atoms with Crippen molar-refractivity contribution in [3.05, 3.63) is 12.3 Å². The van der Waals surface area contributed by atoms with E-state index in [1.54, 1.807) is 0 Å². The van der Waals surface area contributed by atoms with Gasteiger partial charge >= 0.3 is 0 Å². The van der Waals surface area contributed by atoms with E-state index >= 15 is 0 Å². The summed E-state index contributed by atoms with van der Waals surface area (Å²) in [6, 6.07) is 0.809. The Morgan fingerprint density at radius 1 is 1.50 bits per heavy atom. The molecule has 3 heteroatoms.